The van der Waals surface area contributed by atoms with Crippen LogP contribution in [-0.2, 0) is 7.05 Å². The van der Waals surface area contributed by atoms with Gasteiger partial charge in [-0.15, -0.1) is 10.2 Å². The van der Waals surface area contributed by atoms with Crippen LogP contribution in [0.2, 0.25) is 0 Å². The van der Waals surface area contributed by atoms with Crippen molar-refractivity contribution in [2.45, 2.75) is 0 Å². The summed E-state index contributed by atoms with van der Waals surface area (Å²) in [6.45, 7) is 0. The Morgan fingerprint density at radius 1 is 1.31 bits per heavy atom. The predicted molar refractivity (Wildman–Crippen MR) is 48.6 cm³/mol. The maximum absolute atomic E-state index is 5.54. The third kappa shape index (κ3) is 1.24. The summed E-state index contributed by atoms with van der Waals surface area (Å²) in [4.78, 5) is 4.14. The normalized spacial score (nSPS) is 10.2. The van der Waals surface area contributed by atoms with Crippen LogP contribution in [-0.4, -0.2) is 19.7 Å². The highest BCUT2D eigenvalue weighted by atomic mass is 15.3. The molecule has 0 saturated carbocycles. The van der Waals surface area contributed by atoms with E-state index in [9.17, 15) is 0 Å². The Morgan fingerprint density at radius 2 is 2.15 bits per heavy atom. The van der Waals surface area contributed by atoms with Gasteiger partial charge in [-0.3, -0.25) is 9.55 Å². The minimum absolute atomic E-state index is 0.389. The maximum atomic E-state index is 5.54. The van der Waals surface area contributed by atoms with Crippen molar-refractivity contribution in [3.8, 4) is 11.5 Å². The molecule has 0 fully saturated rings. The van der Waals surface area contributed by atoms with Gasteiger partial charge in [0.1, 0.15) is 5.69 Å². The lowest BCUT2D eigenvalue weighted by atomic mass is 10.3. The van der Waals surface area contributed by atoms with Gasteiger partial charge in [-0.05, 0) is 12.1 Å². The summed E-state index contributed by atoms with van der Waals surface area (Å²) in [5, 5.41) is 7.65. The third-order valence-corrected chi connectivity index (χ3v) is 1.80. The van der Waals surface area contributed by atoms with Crippen molar-refractivity contribution >= 4 is 5.95 Å². The SMILES string of the molecule is Cn1c(N)nnc1-c1ccccn1. The highest BCUT2D eigenvalue weighted by Gasteiger charge is 2.07. The molecule has 5 heteroatoms. The second-order valence-electron chi connectivity index (χ2n) is 2.66. The second kappa shape index (κ2) is 2.85. The van der Waals surface area contributed by atoms with Crippen LogP contribution >= 0.6 is 0 Å². The first-order valence-electron chi connectivity index (χ1n) is 3.85. The summed E-state index contributed by atoms with van der Waals surface area (Å²) in [5.74, 6) is 1.07. The van der Waals surface area contributed by atoms with Gasteiger partial charge >= 0.3 is 0 Å². The van der Waals surface area contributed by atoms with E-state index in [1.165, 1.54) is 0 Å². The quantitative estimate of drug-likeness (QED) is 0.683. The van der Waals surface area contributed by atoms with Gasteiger partial charge in [0.25, 0.3) is 0 Å². The molecule has 0 bridgehead atoms. The zero-order valence-corrected chi connectivity index (χ0v) is 7.18. The zero-order valence-electron chi connectivity index (χ0n) is 7.18. The fraction of sp³-hybridized carbons (Fsp3) is 0.125. The van der Waals surface area contributed by atoms with Crippen molar-refractivity contribution in [3.63, 3.8) is 0 Å². The summed E-state index contributed by atoms with van der Waals surface area (Å²) in [6, 6.07) is 5.61. The van der Waals surface area contributed by atoms with Crippen molar-refractivity contribution in [1.29, 1.82) is 0 Å². The molecule has 2 N–H and O–H groups in total. The molecule has 66 valence electrons. The number of aromatic nitrogens is 4. The van der Waals surface area contributed by atoms with Gasteiger partial charge < -0.3 is 5.73 Å². The molecule has 0 aliphatic carbocycles. The Bertz CT molecular complexity index is 406. The highest BCUT2D eigenvalue weighted by molar-refractivity contribution is 5.50. The van der Waals surface area contributed by atoms with Gasteiger partial charge in [-0.25, -0.2) is 0 Å². The molecule has 0 aliphatic heterocycles. The number of nitrogens with two attached hydrogens (primary N) is 1. The lowest BCUT2D eigenvalue weighted by Crippen LogP contribution is -1.99. The molecule has 2 aromatic heterocycles. The van der Waals surface area contributed by atoms with E-state index >= 15 is 0 Å². The average Bonchev–Trinajstić information content (AvgIpc) is 2.49. The predicted octanol–water partition coefficient (Wildman–Crippen LogP) is 0.459. The Balaban J connectivity index is 2.53. The number of nitrogens with zero attached hydrogens (tertiary/aromatic N) is 4. The summed E-state index contributed by atoms with van der Waals surface area (Å²) in [7, 11) is 1.80. The smallest absolute Gasteiger partial charge is 0.222 e. The number of anilines is 1. The lowest BCUT2D eigenvalue weighted by molar-refractivity contribution is 0.927. The molecule has 0 unspecified atom stereocenters. The van der Waals surface area contributed by atoms with Crippen molar-refractivity contribution < 1.29 is 0 Å². The van der Waals surface area contributed by atoms with E-state index in [2.05, 4.69) is 15.2 Å². The molecule has 13 heavy (non-hydrogen) atoms. The van der Waals surface area contributed by atoms with E-state index < -0.39 is 0 Å². The first kappa shape index (κ1) is 7.72. The number of rotatable bonds is 1. The second-order valence-corrected chi connectivity index (χ2v) is 2.66. The van der Waals surface area contributed by atoms with Crippen LogP contribution < -0.4 is 5.73 Å². The van der Waals surface area contributed by atoms with Crippen molar-refractivity contribution in [3.05, 3.63) is 24.4 Å². The molecule has 0 amide bonds. The first-order valence-corrected chi connectivity index (χ1v) is 3.85. The van der Waals surface area contributed by atoms with Gasteiger partial charge in [-0.2, -0.15) is 0 Å². The summed E-state index contributed by atoms with van der Waals surface area (Å²) < 4.78 is 1.70. The van der Waals surface area contributed by atoms with Gasteiger partial charge in [0.2, 0.25) is 5.95 Å². The number of hydrogen-bond acceptors (Lipinski definition) is 4. The summed E-state index contributed by atoms with van der Waals surface area (Å²) in [5.41, 5.74) is 6.31. The van der Waals surface area contributed by atoms with Crippen molar-refractivity contribution in [2.24, 2.45) is 7.05 Å². The Kier molecular flexibility index (Phi) is 1.70. The molecule has 0 radical (unpaired) electrons. The Morgan fingerprint density at radius 3 is 2.69 bits per heavy atom. The van der Waals surface area contributed by atoms with Crippen LogP contribution in [0.3, 0.4) is 0 Å². The number of hydrogen-bond donors (Lipinski definition) is 1. The monoisotopic (exact) mass is 175 g/mol. The van der Waals surface area contributed by atoms with E-state index in [4.69, 9.17) is 5.73 Å². The Hall–Kier alpha value is -1.91. The molecular weight excluding hydrogens is 166 g/mol. The highest BCUT2D eigenvalue weighted by Crippen LogP contribution is 2.13. The third-order valence-electron chi connectivity index (χ3n) is 1.80. The first-order chi connectivity index (χ1) is 6.29. The van der Waals surface area contributed by atoms with Crippen LogP contribution in [0.25, 0.3) is 11.5 Å². The van der Waals surface area contributed by atoms with Gasteiger partial charge in [0.05, 0.1) is 0 Å². The molecule has 2 rings (SSSR count). The van der Waals surface area contributed by atoms with Gasteiger partial charge in [0.15, 0.2) is 5.82 Å². The number of pyridine rings is 1. The van der Waals surface area contributed by atoms with Crippen LogP contribution in [0, 0.1) is 0 Å². The molecule has 0 saturated heterocycles. The summed E-state index contributed by atoms with van der Waals surface area (Å²) in [6.07, 6.45) is 1.71. The molecule has 5 nitrogen and oxygen atoms in total. The molecule has 2 heterocycles. The maximum Gasteiger partial charge on any atom is 0.222 e. The molecular formula is C8H9N5. The largest absolute Gasteiger partial charge is 0.368 e. The van der Waals surface area contributed by atoms with E-state index in [-0.39, 0.29) is 0 Å². The lowest BCUT2D eigenvalue weighted by Gasteiger charge is -1.98. The van der Waals surface area contributed by atoms with Crippen LogP contribution in [0.4, 0.5) is 5.95 Å². The zero-order chi connectivity index (χ0) is 9.26. The molecule has 0 aliphatic rings. The molecule has 0 spiro atoms. The molecule has 2 aromatic rings. The Labute approximate surface area is 75.2 Å². The van der Waals surface area contributed by atoms with Gasteiger partial charge in [0, 0.05) is 13.2 Å². The topological polar surface area (TPSA) is 69.6 Å². The van der Waals surface area contributed by atoms with Crippen molar-refractivity contribution in [1.82, 2.24) is 19.7 Å². The summed E-state index contributed by atoms with van der Waals surface area (Å²) >= 11 is 0. The van der Waals surface area contributed by atoms with Crippen LogP contribution in [0.1, 0.15) is 0 Å². The van der Waals surface area contributed by atoms with E-state index in [0.717, 1.165) is 5.69 Å². The van der Waals surface area contributed by atoms with Crippen LogP contribution in [0.5, 0.6) is 0 Å². The number of nitrogen functional groups attached to an aromatic ring is 1. The minimum atomic E-state index is 0.389. The fourth-order valence-corrected chi connectivity index (χ4v) is 1.06. The fourth-order valence-electron chi connectivity index (χ4n) is 1.06. The van der Waals surface area contributed by atoms with Crippen LogP contribution in [0.15, 0.2) is 24.4 Å². The molecule has 0 atom stereocenters. The van der Waals surface area contributed by atoms with E-state index in [1.807, 2.05) is 18.2 Å². The minimum Gasteiger partial charge on any atom is -0.368 e. The van der Waals surface area contributed by atoms with E-state index in [0.29, 0.717) is 11.8 Å². The standard InChI is InChI=1S/C8H9N5/c1-13-7(11-12-8(13)9)6-4-2-3-5-10-6/h2-5H,1H3,(H2,9,12). The average molecular weight is 175 g/mol. The van der Waals surface area contributed by atoms with E-state index in [1.54, 1.807) is 17.8 Å². The molecule has 0 aromatic carbocycles. The van der Waals surface area contributed by atoms with Crippen molar-refractivity contribution in [2.75, 3.05) is 5.73 Å². The van der Waals surface area contributed by atoms with Gasteiger partial charge in [-0.1, -0.05) is 6.07 Å².